The molecule has 0 aromatic heterocycles. The van der Waals surface area contributed by atoms with Crippen LogP contribution >= 0.6 is 15.9 Å². The quantitative estimate of drug-likeness (QED) is 0.482. The third-order valence-corrected chi connectivity index (χ3v) is 7.33. The van der Waals surface area contributed by atoms with Crippen LogP contribution in [0.25, 0.3) is 0 Å². The van der Waals surface area contributed by atoms with Crippen LogP contribution in [0, 0.1) is 27.7 Å². The Hall–Kier alpha value is -2.64. The van der Waals surface area contributed by atoms with Crippen molar-refractivity contribution in [3.05, 3.63) is 86.9 Å². The molecule has 0 saturated heterocycles. The standard InChI is InChI=1S/C23H23BrN2O3S/c1-14-6-8-20(11-16(14)3)26-30(28,29)22-13-18(7-5-15(22)2)23(27)25-19-9-10-21(24)17(4)12-19/h5-13,26H,1-4H3,(H,25,27). The van der Waals surface area contributed by atoms with Crippen molar-refractivity contribution in [2.24, 2.45) is 0 Å². The maximum absolute atomic E-state index is 13.0. The molecule has 0 saturated carbocycles. The van der Waals surface area contributed by atoms with Gasteiger partial charge in [-0.3, -0.25) is 9.52 Å². The minimum absolute atomic E-state index is 0.0698. The van der Waals surface area contributed by atoms with E-state index in [1.165, 1.54) is 6.07 Å². The van der Waals surface area contributed by atoms with Gasteiger partial charge in [-0.1, -0.05) is 28.1 Å². The average Bonchev–Trinajstić information content (AvgIpc) is 2.67. The summed E-state index contributed by atoms with van der Waals surface area (Å²) >= 11 is 3.43. The van der Waals surface area contributed by atoms with E-state index in [0.717, 1.165) is 21.2 Å². The predicted octanol–water partition coefficient (Wildman–Crippen LogP) is 5.74. The topological polar surface area (TPSA) is 75.3 Å². The van der Waals surface area contributed by atoms with Crippen LogP contribution in [0.5, 0.6) is 0 Å². The lowest BCUT2D eigenvalue weighted by molar-refractivity contribution is 0.102. The van der Waals surface area contributed by atoms with Crippen LogP contribution in [0.1, 0.15) is 32.6 Å². The number of amides is 1. The summed E-state index contributed by atoms with van der Waals surface area (Å²) in [5.41, 5.74) is 5.00. The number of halogens is 1. The Balaban J connectivity index is 1.88. The number of rotatable bonds is 5. The molecular formula is C23H23BrN2O3S. The molecule has 0 unspecified atom stereocenters. The molecule has 0 atom stereocenters. The lowest BCUT2D eigenvalue weighted by Gasteiger charge is -2.13. The molecule has 156 valence electrons. The van der Waals surface area contributed by atoms with Crippen molar-refractivity contribution >= 4 is 43.2 Å². The highest BCUT2D eigenvalue weighted by atomic mass is 79.9. The van der Waals surface area contributed by atoms with Gasteiger partial charge in [0.15, 0.2) is 0 Å². The molecule has 7 heteroatoms. The van der Waals surface area contributed by atoms with E-state index in [1.54, 1.807) is 37.3 Å². The zero-order chi connectivity index (χ0) is 22.1. The fraction of sp³-hybridized carbons (Fsp3) is 0.174. The van der Waals surface area contributed by atoms with Crippen molar-refractivity contribution in [2.45, 2.75) is 32.6 Å². The van der Waals surface area contributed by atoms with Gasteiger partial charge in [-0.05, 0) is 92.4 Å². The first-order chi connectivity index (χ1) is 14.1. The highest BCUT2D eigenvalue weighted by Gasteiger charge is 2.20. The third-order valence-electron chi connectivity index (χ3n) is 4.91. The molecule has 3 rings (SSSR count). The smallest absolute Gasteiger partial charge is 0.262 e. The minimum Gasteiger partial charge on any atom is -0.322 e. The normalized spacial score (nSPS) is 11.2. The fourth-order valence-electron chi connectivity index (χ4n) is 2.97. The minimum atomic E-state index is -3.85. The van der Waals surface area contributed by atoms with Crippen molar-refractivity contribution in [3.63, 3.8) is 0 Å². The zero-order valence-electron chi connectivity index (χ0n) is 17.2. The highest BCUT2D eigenvalue weighted by Crippen LogP contribution is 2.24. The highest BCUT2D eigenvalue weighted by molar-refractivity contribution is 9.10. The maximum atomic E-state index is 13.0. The van der Waals surface area contributed by atoms with Crippen molar-refractivity contribution in [1.82, 2.24) is 0 Å². The molecule has 0 spiro atoms. The molecule has 3 aromatic carbocycles. The number of carbonyl (C=O) groups is 1. The second-order valence-corrected chi connectivity index (χ2v) is 9.81. The van der Waals surface area contributed by atoms with Crippen LogP contribution < -0.4 is 10.0 Å². The molecule has 0 fully saturated rings. The second kappa shape index (κ2) is 8.62. The van der Waals surface area contributed by atoms with Crippen LogP contribution in [0.3, 0.4) is 0 Å². The molecule has 3 aromatic rings. The summed E-state index contributed by atoms with van der Waals surface area (Å²) in [5.74, 6) is -0.376. The third kappa shape index (κ3) is 4.91. The van der Waals surface area contributed by atoms with Crippen molar-refractivity contribution in [2.75, 3.05) is 10.0 Å². The Morgan fingerprint density at radius 3 is 2.07 bits per heavy atom. The number of nitrogens with one attached hydrogen (secondary N) is 2. The molecular weight excluding hydrogens is 464 g/mol. The van der Waals surface area contributed by atoms with E-state index in [2.05, 4.69) is 26.0 Å². The number of carbonyl (C=O) groups excluding carboxylic acids is 1. The molecule has 2 N–H and O–H groups in total. The van der Waals surface area contributed by atoms with Crippen LogP contribution in [0.4, 0.5) is 11.4 Å². The first kappa shape index (κ1) is 22.1. The van der Waals surface area contributed by atoms with Crippen LogP contribution in [0.15, 0.2) is 64.0 Å². The molecule has 0 bridgehead atoms. The molecule has 5 nitrogen and oxygen atoms in total. The van der Waals surface area contributed by atoms with Crippen molar-refractivity contribution in [3.8, 4) is 0 Å². The number of sulfonamides is 1. The summed E-state index contributed by atoms with van der Waals surface area (Å²) in [4.78, 5) is 12.8. The largest absolute Gasteiger partial charge is 0.322 e. The van der Waals surface area contributed by atoms with E-state index in [1.807, 2.05) is 39.0 Å². The van der Waals surface area contributed by atoms with Crippen molar-refractivity contribution in [1.29, 1.82) is 0 Å². The first-order valence-electron chi connectivity index (χ1n) is 9.35. The van der Waals surface area contributed by atoms with E-state index in [4.69, 9.17) is 0 Å². The predicted molar refractivity (Wildman–Crippen MR) is 125 cm³/mol. The fourth-order valence-corrected chi connectivity index (χ4v) is 4.54. The Morgan fingerprint density at radius 1 is 0.767 bits per heavy atom. The van der Waals surface area contributed by atoms with Gasteiger partial charge in [0.05, 0.1) is 4.90 Å². The number of aryl methyl sites for hydroxylation is 4. The van der Waals surface area contributed by atoms with Crippen LogP contribution in [-0.2, 0) is 10.0 Å². The first-order valence-corrected chi connectivity index (χ1v) is 11.6. The number of anilines is 2. The molecule has 1 amide bonds. The molecule has 0 heterocycles. The Kier molecular flexibility index (Phi) is 6.33. The van der Waals surface area contributed by atoms with E-state index in [0.29, 0.717) is 16.9 Å². The van der Waals surface area contributed by atoms with E-state index in [-0.39, 0.29) is 16.4 Å². The van der Waals surface area contributed by atoms with Crippen LogP contribution in [-0.4, -0.2) is 14.3 Å². The van der Waals surface area contributed by atoms with Crippen LogP contribution in [0.2, 0.25) is 0 Å². The lowest BCUT2D eigenvalue weighted by atomic mass is 10.1. The Labute approximate surface area is 185 Å². The van der Waals surface area contributed by atoms with Gasteiger partial charge in [-0.2, -0.15) is 0 Å². The van der Waals surface area contributed by atoms with E-state index >= 15 is 0 Å². The average molecular weight is 487 g/mol. The molecule has 30 heavy (non-hydrogen) atoms. The number of hydrogen-bond acceptors (Lipinski definition) is 3. The summed E-state index contributed by atoms with van der Waals surface area (Å²) in [6.07, 6.45) is 0. The summed E-state index contributed by atoms with van der Waals surface area (Å²) in [6, 6.07) is 15.5. The van der Waals surface area contributed by atoms with E-state index in [9.17, 15) is 13.2 Å². The Bertz CT molecular complexity index is 1240. The van der Waals surface area contributed by atoms with Gasteiger partial charge in [-0.25, -0.2) is 8.42 Å². The maximum Gasteiger partial charge on any atom is 0.262 e. The van der Waals surface area contributed by atoms with Gasteiger partial charge < -0.3 is 5.32 Å². The summed E-state index contributed by atoms with van der Waals surface area (Å²) in [6.45, 7) is 7.52. The van der Waals surface area contributed by atoms with Gasteiger partial charge in [0.2, 0.25) is 0 Å². The molecule has 0 aliphatic rings. The second-order valence-electron chi connectivity index (χ2n) is 7.30. The molecule has 0 aliphatic carbocycles. The zero-order valence-corrected chi connectivity index (χ0v) is 19.6. The van der Waals surface area contributed by atoms with E-state index < -0.39 is 10.0 Å². The number of hydrogen-bond donors (Lipinski definition) is 2. The summed E-state index contributed by atoms with van der Waals surface area (Å²) in [5, 5.41) is 2.81. The van der Waals surface area contributed by atoms with Gasteiger partial charge in [0.25, 0.3) is 15.9 Å². The molecule has 0 aliphatic heterocycles. The SMILES string of the molecule is Cc1ccc(NS(=O)(=O)c2cc(C(=O)Nc3ccc(Br)c(C)c3)ccc2C)cc1C. The van der Waals surface area contributed by atoms with Crippen molar-refractivity contribution < 1.29 is 13.2 Å². The molecule has 0 radical (unpaired) electrons. The van der Waals surface area contributed by atoms with Gasteiger partial charge in [0.1, 0.15) is 0 Å². The number of benzene rings is 3. The van der Waals surface area contributed by atoms with Gasteiger partial charge in [0, 0.05) is 21.4 Å². The summed E-state index contributed by atoms with van der Waals surface area (Å²) in [7, 11) is -3.85. The Morgan fingerprint density at radius 2 is 1.40 bits per heavy atom. The summed E-state index contributed by atoms with van der Waals surface area (Å²) < 4.78 is 29.5. The van der Waals surface area contributed by atoms with Gasteiger partial charge in [-0.15, -0.1) is 0 Å². The lowest BCUT2D eigenvalue weighted by Crippen LogP contribution is -2.17. The van der Waals surface area contributed by atoms with Gasteiger partial charge >= 0.3 is 0 Å². The monoisotopic (exact) mass is 486 g/mol.